The molecule has 0 bridgehead atoms. The maximum absolute atomic E-state index is 12.4. The second-order valence-corrected chi connectivity index (χ2v) is 9.31. The summed E-state index contributed by atoms with van der Waals surface area (Å²) < 4.78 is 0. The van der Waals surface area contributed by atoms with E-state index < -0.39 is 11.9 Å². The number of rotatable bonds is 8. The summed E-state index contributed by atoms with van der Waals surface area (Å²) in [7, 11) is 2.19. The summed E-state index contributed by atoms with van der Waals surface area (Å²) in [6, 6.07) is 24.4. The smallest absolute Gasteiger partial charge is 0.414 e. The van der Waals surface area contributed by atoms with Gasteiger partial charge in [-0.25, -0.2) is 9.59 Å². The van der Waals surface area contributed by atoms with Crippen LogP contribution < -0.4 is 5.32 Å². The molecule has 3 aromatic carbocycles. The van der Waals surface area contributed by atoms with Crippen molar-refractivity contribution in [2.75, 3.05) is 20.1 Å². The molecule has 1 unspecified atom stereocenters. The summed E-state index contributed by atoms with van der Waals surface area (Å²) in [4.78, 5) is 33.1. The van der Waals surface area contributed by atoms with E-state index in [0.29, 0.717) is 23.9 Å². The van der Waals surface area contributed by atoms with Crippen LogP contribution in [0.5, 0.6) is 5.75 Å². The molecule has 8 heteroatoms. The van der Waals surface area contributed by atoms with Gasteiger partial charge in [0.15, 0.2) is 0 Å². The molecule has 0 spiro atoms. The van der Waals surface area contributed by atoms with Crippen LogP contribution in [0.15, 0.2) is 72.8 Å². The Morgan fingerprint density at radius 3 is 2.18 bits per heavy atom. The number of aliphatic carboxylic acids is 2. The average molecular weight is 519 g/mol. The quantitative estimate of drug-likeness (QED) is 0.260. The van der Waals surface area contributed by atoms with Crippen LogP contribution in [0.3, 0.4) is 0 Å². The van der Waals surface area contributed by atoms with E-state index in [4.69, 9.17) is 19.8 Å². The lowest BCUT2D eigenvalue weighted by atomic mass is 9.87. The van der Waals surface area contributed by atoms with Gasteiger partial charge in [0.2, 0.25) is 0 Å². The third-order valence-electron chi connectivity index (χ3n) is 6.72. The number of aromatic hydroxyl groups is 1. The van der Waals surface area contributed by atoms with Crippen LogP contribution in [-0.2, 0) is 22.4 Å². The first-order valence-corrected chi connectivity index (χ1v) is 12.7. The Kier molecular flexibility index (Phi) is 10.4. The highest BCUT2D eigenvalue weighted by molar-refractivity contribution is 6.27. The van der Waals surface area contributed by atoms with Crippen molar-refractivity contribution in [3.8, 4) is 16.9 Å². The zero-order valence-electron chi connectivity index (χ0n) is 21.5. The summed E-state index contributed by atoms with van der Waals surface area (Å²) >= 11 is 0. The molecule has 0 fully saturated rings. The number of likely N-dealkylation sites (N-methyl/N-ethyl adjacent to an activating group) is 1. The van der Waals surface area contributed by atoms with Crippen molar-refractivity contribution in [3.05, 3.63) is 89.5 Å². The molecule has 4 N–H and O–H groups in total. The summed E-state index contributed by atoms with van der Waals surface area (Å²) in [6.45, 7) is 1.70. The molecule has 8 nitrogen and oxygen atoms in total. The van der Waals surface area contributed by atoms with E-state index in [0.717, 1.165) is 55.3 Å². The van der Waals surface area contributed by atoms with Gasteiger partial charge in [-0.2, -0.15) is 0 Å². The standard InChI is InChI=1S/C28H32N2O2.C2H2O4/c1-30(25-16-17-26-24(20-25)10-7-11-27(26)31)19-6-5-18-29-28(32)23-14-12-22(13-15-23)21-8-3-2-4-9-21;3-1(4)2(5)6/h2-4,7-15,25,31H,5-6,16-20H2,1H3,(H,29,32);(H,3,4)(H,5,6). The minimum Gasteiger partial charge on any atom is -0.508 e. The zero-order valence-corrected chi connectivity index (χ0v) is 21.5. The molecular formula is C30H34N2O6. The molecule has 200 valence electrons. The number of nitrogens with zero attached hydrogens (tertiary/aromatic N) is 1. The lowest BCUT2D eigenvalue weighted by molar-refractivity contribution is -0.159. The van der Waals surface area contributed by atoms with Gasteiger partial charge in [0.1, 0.15) is 5.75 Å². The number of unbranched alkanes of at least 4 members (excludes halogenated alkanes) is 1. The molecule has 0 saturated carbocycles. The van der Waals surface area contributed by atoms with E-state index >= 15 is 0 Å². The fraction of sp³-hybridized carbons (Fsp3) is 0.300. The summed E-state index contributed by atoms with van der Waals surface area (Å²) in [5.74, 6) is -3.22. The monoisotopic (exact) mass is 518 g/mol. The van der Waals surface area contributed by atoms with Crippen LogP contribution >= 0.6 is 0 Å². The number of nitrogens with one attached hydrogen (secondary N) is 1. The minimum absolute atomic E-state index is 0.0124. The SMILES string of the molecule is CN(CCCCNC(=O)c1ccc(-c2ccccc2)cc1)C1CCc2c(O)cccc2C1.O=C(O)C(=O)O. The van der Waals surface area contributed by atoms with E-state index in [-0.39, 0.29) is 5.91 Å². The molecule has 1 atom stereocenters. The Morgan fingerprint density at radius 2 is 1.53 bits per heavy atom. The second kappa shape index (κ2) is 13.9. The van der Waals surface area contributed by atoms with Gasteiger partial charge in [0.05, 0.1) is 0 Å². The van der Waals surface area contributed by atoms with Gasteiger partial charge >= 0.3 is 11.9 Å². The Labute approximate surface area is 222 Å². The van der Waals surface area contributed by atoms with Crippen LogP contribution in [0.25, 0.3) is 11.1 Å². The fourth-order valence-corrected chi connectivity index (χ4v) is 4.56. The lowest BCUT2D eigenvalue weighted by Crippen LogP contribution is -2.37. The van der Waals surface area contributed by atoms with Crippen molar-refractivity contribution >= 4 is 17.8 Å². The summed E-state index contributed by atoms with van der Waals surface area (Å²) in [5.41, 5.74) is 5.37. The van der Waals surface area contributed by atoms with Gasteiger partial charge in [-0.3, -0.25) is 4.79 Å². The highest BCUT2D eigenvalue weighted by atomic mass is 16.4. The molecule has 0 saturated heterocycles. The van der Waals surface area contributed by atoms with E-state index in [1.54, 1.807) is 6.07 Å². The lowest BCUT2D eigenvalue weighted by Gasteiger charge is -2.32. The summed E-state index contributed by atoms with van der Waals surface area (Å²) in [5, 5.41) is 27.9. The van der Waals surface area contributed by atoms with Crippen molar-refractivity contribution in [1.29, 1.82) is 0 Å². The van der Waals surface area contributed by atoms with Crippen molar-refractivity contribution < 1.29 is 29.7 Å². The molecule has 4 rings (SSSR count). The molecule has 1 amide bonds. The van der Waals surface area contributed by atoms with Crippen molar-refractivity contribution in [1.82, 2.24) is 10.2 Å². The molecule has 0 radical (unpaired) electrons. The number of benzene rings is 3. The molecular weight excluding hydrogens is 484 g/mol. The predicted octanol–water partition coefficient (Wildman–Crippen LogP) is 4.21. The topological polar surface area (TPSA) is 127 Å². The van der Waals surface area contributed by atoms with E-state index in [2.05, 4.69) is 35.5 Å². The van der Waals surface area contributed by atoms with Crippen molar-refractivity contribution in [3.63, 3.8) is 0 Å². The number of fused-ring (bicyclic) bond motifs is 1. The van der Waals surface area contributed by atoms with E-state index in [1.807, 2.05) is 48.5 Å². The van der Waals surface area contributed by atoms with Gasteiger partial charge < -0.3 is 25.5 Å². The number of hydrogen-bond donors (Lipinski definition) is 4. The number of hydrogen-bond acceptors (Lipinski definition) is 5. The van der Waals surface area contributed by atoms with Crippen LogP contribution in [0.4, 0.5) is 0 Å². The Bertz CT molecular complexity index is 1220. The number of carbonyl (C=O) groups is 3. The van der Waals surface area contributed by atoms with E-state index in [9.17, 15) is 9.90 Å². The van der Waals surface area contributed by atoms with Gasteiger partial charge in [-0.05, 0) is 86.1 Å². The number of phenolic OH excluding ortho intramolecular Hbond substituents is 1. The van der Waals surface area contributed by atoms with Crippen molar-refractivity contribution in [2.24, 2.45) is 0 Å². The highest BCUT2D eigenvalue weighted by Crippen LogP contribution is 2.30. The molecule has 1 aliphatic carbocycles. The Hall–Kier alpha value is -4.17. The second-order valence-electron chi connectivity index (χ2n) is 9.31. The third-order valence-corrected chi connectivity index (χ3v) is 6.72. The normalized spacial score (nSPS) is 14.1. The molecule has 1 aliphatic rings. The van der Waals surface area contributed by atoms with Crippen LogP contribution in [0.2, 0.25) is 0 Å². The van der Waals surface area contributed by atoms with Crippen molar-refractivity contribution in [2.45, 2.75) is 38.1 Å². The predicted molar refractivity (Wildman–Crippen MR) is 145 cm³/mol. The van der Waals surface area contributed by atoms with E-state index in [1.165, 1.54) is 5.56 Å². The maximum Gasteiger partial charge on any atom is 0.414 e. The van der Waals surface area contributed by atoms with Crippen LogP contribution in [0.1, 0.15) is 40.7 Å². The number of phenols is 1. The van der Waals surface area contributed by atoms with Gasteiger partial charge in [-0.1, -0.05) is 54.6 Å². The number of amides is 1. The minimum atomic E-state index is -1.82. The van der Waals surface area contributed by atoms with Crippen LogP contribution in [-0.4, -0.2) is 64.2 Å². The first kappa shape index (κ1) is 28.4. The Morgan fingerprint density at radius 1 is 0.868 bits per heavy atom. The third kappa shape index (κ3) is 8.18. The van der Waals surface area contributed by atoms with Crippen LogP contribution in [0, 0.1) is 0 Å². The molecule has 38 heavy (non-hydrogen) atoms. The first-order chi connectivity index (χ1) is 18.3. The average Bonchev–Trinajstić information content (AvgIpc) is 2.93. The molecule has 0 aliphatic heterocycles. The molecule has 0 heterocycles. The largest absolute Gasteiger partial charge is 0.508 e. The van der Waals surface area contributed by atoms with Gasteiger partial charge in [0, 0.05) is 18.2 Å². The zero-order chi connectivity index (χ0) is 27.5. The molecule has 0 aromatic heterocycles. The maximum atomic E-state index is 12.4. The highest BCUT2D eigenvalue weighted by Gasteiger charge is 2.23. The molecule has 3 aromatic rings. The summed E-state index contributed by atoms with van der Waals surface area (Å²) in [6.07, 6.45) is 5.03. The Balaban J connectivity index is 0.000000599. The fourth-order valence-electron chi connectivity index (χ4n) is 4.56. The number of carboxylic acids is 2. The number of carboxylic acid groups (broad SMARTS) is 2. The number of carbonyl (C=O) groups excluding carboxylic acids is 1. The first-order valence-electron chi connectivity index (χ1n) is 12.7. The van der Waals surface area contributed by atoms with Gasteiger partial charge in [-0.15, -0.1) is 0 Å². The van der Waals surface area contributed by atoms with Gasteiger partial charge in [0.25, 0.3) is 5.91 Å².